The maximum atomic E-state index is 11.1. The zero-order valence-corrected chi connectivity index (χ0v) is 7.58. The third kappa shape index (κ3) is 2.11. The van der Waals surface area contributed by atoms with Gasteiger partial charge in [0.15, 0.2) is 0 Å². The molecule has 1 aliphatic heterocycles. The summed E-state index contributed by atoms with van der Waals surface area (Å²) in [6.07, 6.45) is 0.861. The van der Waals surface area contributed by atoms with Crippen LogP contribution in [0.5, 0.6) is 0 Å². The highest BCUT2D eigenvalue weighted by Crippen LogP contribution is 2.15. The largest absolute Gasteiger partial charge is 0.365 e. The topological polar surface area (TPSA) is 32.3 Å². The number of carbonyl (C=O) groups is 1. The van der Waals surface area contributed by atoms with Gasteiger partial charge in [-0.3, -0.25) is 9.69 Å². The number of carbonyl (C=O) groups excluding carboxylic acids is 1. The van der Waals surface area contributed by atoms with Crippen molar-refractivity contribution in [3.05, 3.63) is 0 Å². The average molecular weight is 163 g/mol. The summed E-state index contributed by atoms with van der Waals surface area (Å²) >= 11 is 0. The van der Waals surface area contributed by atoms with Gasteiger partial charge in [0.2, 0.25) is 0 Å². The normalized spacial score (nSPS) is 30.5. The number of ketones is 1. The summed E-state index contributed by atoms with van der Waals surface area (Å²) in [5, 5.41) is 3.02. The molecule has 0 aliphatic carbocycles. The molecule has 2 unspecified atom stereocenters. The van der Waals surface area contributed by atoms with Crippen molar-refractivity contribution in [2.75, 3.05) is 13.6 Å². The van der Waals surface area contributed by atoms with Crippen molar-refractivity contribution in [1.29, 1.82) is 0 Å². The van der Waals surface area contributed by atoms with E-state index >= 15 is 0 Å². The number of nitrogens with zero attached hydrogens (tertiary/aromatic N) is 1. The first-order valence-corrected chi connectivity index (χ1v) is 4.15. The van der Waals surface area contributed by atoms with Crippen molar-refractivity contribution in [1.82, 2.24) is 10.1 Å². The summed E-state index contributed by atoms with van der Waals surface area (Å²) in [7, 11) is 8.64. The van der Waals surface area contributed by atoms with Crippen LogP contribution in [0, 0.1) is 0 Å². The van der Waals surface area contributed by atoms with Crippen molar-refractivity contribution in [2.45, 2.75) is 25.4 Å². The number of likely N-dealkylation sites (tertiary alicyclic amines) is 1. The zero-order chi connectivity index (χ0) is 9.14. The number of Topliss-reactive ketones (excluding diaryl/α,β-unsaturated/α-hetero) is 1. The molecule has 0 aromatic carbocycles. The van der Waals surface area contributed by atoms with E-state index in [9.17, 15) is 4.79 Å². The molecule has 1 heterocycles. The number of likely N-dealkylation sites (N-methyl/N-ethyl adjacent to an activating group) is 1. The van der Waals surface area contributed by atoms with Crippen LogP contribution in [0.3, 0.4) is 0 Å². The summed E-state index contributed by atoms with van der Waals surface area (Å²) in [6.45, 7) is 2.52. The number of nitrogens with one attached hydrogen (secondary N) is 1. The highest BCUT2D eigenvalue weighted by Gasteiger charge is 2.31. The molecule has 1 N–H and O–H groups in total. The van der Waals surface area contributed by atoms with Crippen LogP contribution < -0.4 is 5.23 Å². The van der Waals surface area contributed by atoms with Crippen molar-refractivity contribution >= 4 is 20.8 Å². The summed E-state index contributed by atoms with van der Waals surface area (Å²) in [4.78, 5) is 13.2. The first kappa shape index (κ1) is 9.81. The predicted molar refractivity (Wildman–Crippen MR) is 50.1 cm³/mol. The SMILES string of the molecule is [B][B]NC1CC(C(C)=O)N(C)C1. The summed E-state index contributed by atoms with van der Waals surface area (Å²) < 4.78 is 0. The molecule has 1 aliphatic rings. The van der Waals surface area contributed by atoms with Crippen LogP contribution in [-0.4, -0.2) is 51.4 Å². The van der Waals surface area contributed by atoms with Crippen LogP contribution in [-0.2, 0) is 4.79 Å². The third-order valence-electron chi connectivity index (χ3n) is 2.35. The van der Waals surface area contributed by atoms with E-state index in [0.717, 1.165) is 13.0 Å². The van der Waals surface area contributed by atoms with E-state index in [4.69, 9.17) is 7.74 Å². The zero-order valence-electron chi connectivity index (χ0n) is 7.58. The molecule has 0 saturated carbocycles. The van der Waals surface area contributed by atoms with Gasteiger partial charge in [-0.05, 0) is 20.4 Å². The summed E-state index contributed by atoms with van der Waals surface area (Å²) in [5.41, 5.74) is 0. The third-order valence-corrected chi connectivity index (χ3v) is 2.35. The lowest BCUT2D eigenvalue weighted by atomic mass is 9.66. The van der Waals surface area contributed by atoms with Crippen molar-refractivity contribution in [2.24, 2.45) is 0 Å². The van der Waals surface area contributed by atoms with E-state index in [1.54, 1.807) is 6.92 Å². The van der Waals surface area contributed by atoms with Gasteiger partial charge in [0.05, 0.1) is 6.04 Å². The molecule has 5 heteroatoms. The van der Waals surface area contributed by atoms with Gasteiger partial charge in [0.25, 0.3) is 0 Å². The monoisotopic (exact) mass is 163 g/mol. The molecule has 0 bridgehead atoms. The van der Waals surface area contributed by atoms with Gasteiger partial charge >= 0.3 is 0 Å². The Morgan fingerprint density at radius 2 is 2.42 bits per heavy atom. The first-order chi connectivity index (χ1) is 5.65. The lowest BCUT2D eigenvalue weighted by Crippen LogP contribution is -2.34. The van der Waals surface area contributed by atoms with Crippen LogP contribution in [0.4, 0.5) is 0 Å². The van der Waals surface area contributed by atoms with E-state index in [1.807, 2.05) is 7.05 Å². The Bertz CT molecular complexity index is 177. The van der Waals surface area contributed by atoms with Gasteiger partial charge in [-0.1, -0.05) is 0 Å². The van der Waals surface area contributed by atoms with Gasteiger partial charge in [-0.15, -0.1) is 0 Å². The van der Waals surface area contributed by atoms with Crippen LogP contribution >= 0.6 is 0 Å². The lowest BCUT2D eigenvalue weighted by Gasteiger charge is -2.14. The second kappa shape index (κ2) is 4.10. The molecule has 3 nitrogen and oxygen atoms in total. The molecule has 2 atom stereocenters. The van der Waals surface area contributed by atoms with E-state index in [2.05, 4.69) is 10.1 Å². The Hall–Kier alpha value is -0.280. The first-order valence-electron chi connectivity index (χ1n) is 4.15. The minimum Gasteiger partial charge on any atom is -0.365 e. The number of hydrogen-bond donors (Lipinski definition) is 1. The number of rotatable bonds is 3. The van der Waals surface area contributed by atoms with Crippen molar-refractivity contribution in [3.8, 4) is 0 Å². The second-order valence-corrected chi connectivity index (χ2v) is 3.33. The van der Waals surface area contributed by atoms with E-state index in [0.29, 0.717) is 6.04 Å². The molecular formula is C7H13B2N2O. The molecule has 0 spiro atoms. The van der Waals surface area contributed by atoms with E-state index < -0.39 is 0 Å². The second-order valence-electron chi connectivity index (χ2n) is 3.33. The summed E-state index contributed by atoms with van der Waals surface area (Å²) in [6, 6.07) is 0.399. The van der Waals surface area contributed by atoms with Crippen LogP contribution in [0.1, 0.15) is 13.3 Å². The van der Waals surface area contributed by atoms with Gasteiger partial charge in [0, 0.05) is 20.3 Å². The molecule has 3 radical (unpaired) electrons. The molecular weight excluding hydrogens is 150 g/mol. The molecule has 1 saturated heterocycles. The lowest BCUT2D eigenvalue weighted by molar-refractivity contribution is -0.120. The van der Waals surface area contributed by atoms with Crippen LogP contribution in [0.15, 0.2) is 0 Å². The standard InChI is InChI=1S/C7H13B2N2O/c1-5(12)7-3-6(10-9-8)4-11(7)2/h6-7,10H,3-4H2,1-2H3. The molecule has 1 rings (SSSR count). The molecule has 0 aromatic heterocycles. The highest BCUT2D eigenvalue weighted by atomic mass is 16.1. The van der Waals surface area contributed by atoms with Gasteiger partial charge < -0.3 is 5.23 Å². The average Bonchev–Trinajstić information content (AvgIpc) is 2.32. The van der Waals surface area contributed by atoms with Gasteiger partial charge in [-0.2, -0.15) is 0 Å². The van der Waals surface area contributed by atoms with Gasteiger partial charge in [-0.25, -0.2) is 0 Å². The Labute approximate surface area is 75.5 Å². The Morgan fingerprint density at radius 1 is 1.75 bits per heavy atom. The van der Waals surface area contributed by atoms with Crippen LogP contribution in [0.2, 0.25) is 0 Å². The Kier molecular flexibility index (Phi) is 3.35. The van der Waals surface area contributed by atoms with E-state index in [1.165, 1.54) is 7.31 Å². The molecule has 0 aromatic rings. The maximum Gasteiger partial charge on any atom is 0.146 e. The minimum absolute atomic E-state index is 0.0717. The Balaban J connectivity index is 2.44. The Morgan fingerprint density at radius 3 is 2.83 bits per heavy atom. The van der Waals surface area contributed by atoms with E-state index in [-0.39, 0.29) is 11.8 Å². The molecule has 0 amide bonds. The van der Waals surface area contributed by atoms with Crippen molar-refractivity contribution in [3.63, 3.8) is 0 Å². The molecule has 1 fully saturated rings. The summed E-state index contributed by atoms with van der Waals surface area (Å²) in [5.74, 6) is 0.235. The molecule has 63 valence electrons. The fourth-order valence-corrected chi connectivity index (χ4v) is 1.73. The smallest absolute Gasteiger partial charge is 0.146 e. The highest BCUT2D eigenvalue weighted by molar-refractivity contribution is 6.87. The van der Waals surface area contributed by atoms with Crippen LogP contribution in [0.25, 0.3) is 0 Å². The minimum atomic E-state index is 0.0717. The predicted octanol–water partition coefficient (Wildman–Crippen LogP) is -1.06. The fraction of sp³-hybridized carbons (Fsp3) is 0.857. The molecule has 12 heavy (non-hydrogen) atoms. The number of hydrogen-bond acceptors (Lipinski definition) is 3. The van der Waals surface area contributed by atoms with Crippen molar-refractivity contribution < 1.29 is 4.79 Å². The fourth-order valence-electron chi connectivity index (χ4n) is 1.73. The maximum absolute atomic E-state index is 11.1. The quantitative estimate of drug-likeness (QED) is 0.538. The van der Waals surface area contributed by atoms with Gasteiger partial charge in [0.1, 0.15) is 13.1 Å².